The lowest BCUT2D eigenvalue weighted by molar-refractivity contribution is -0.121. The highest BCUT2D eigenvalue weighted by Gasteiger charge is 2.18. The maximum absolute atomic E-state index is 11.4. The van der Waals surface area contributed by atoms with Gasteiger partial charge in [0.1, 0.15) is 0 Å². The van der Waals surface area contributed by atoms with Crippen LogP contribution < -0.4 is 10.6 Å². The highest BCUT2D eigenvalue weighted by Crippen LogP contribution is 2.28. The van der Waals surface area contributed by atoms with Crippen LogP contribution in [0.15, 0.2) is 0 Å². The molecule has 1 unspecified atom stereocenters. The van der Waals surface area contributed by atoms with E-state index >= 15 is 0 Å². The number of hydrogen-bond donors (Lipinski definition) is 3. The fraction of sp³-hybridized carbons (Fsp3) is 0.929. The third-order valence-corrected chi connectivity index (χ3v) is 3.62. The van der Waals surface area contributed by atoms with Crippen LogP contribution in [0, 0.1) is 5.92 Å². The lowest BCUT2D eigenvalue weighted by Gasteiger charge is -2.15. The van der Waals surface area contributed by atoms with E-state index in [0.29, 0.717) is 38.6 Å². The molecule has 112 valence electrons. The summed E-state index contributed by atoms with van der Waals surface area (Å²) in [5.41, 5.74) is 0. The zero-order valence-corrected chi connectivity index (χ0v) is 12.0. The van der Waals surface area contributed by atoms with Crippen molar-refractivity contribution in [2.75, 3.05) is 33.4 Å². The van der Waals surface area contributed by atoms with E-state index in [4.69, 9.17) is 4.74 Å². The molecule has 5 heteroatoms. The van der Waals surface area contributed by atoms with Crippen LogP contribution in [0.2, 0.25) is 0 Å². The average molecular weight is 272 g/mol. The summed E-state index contributed by atoms with van der Waals surface area (Å²) < 4.78 is 4.85. The van der Waals surface area contributed by atoms with Gasteiger partial charge in [-0.2, -0.15) is 0 Å². The highest BCUT2D eigenvalue weighted by molar-refractivity contribution is 5.75. The van der Waals surface area contributed by atoms with Crippen LogP contribution in [0.3, 0.4) is 0 Å². The van der Waals surface area contributed by atoms with Crippen LogP contribution in [-0.2, 0) is 9.53 Å². The highest BCUT2D eigenvalue weighted by atomic mass is 16.5. The van der Waals surface area contributed by atoms with Crippen molar-refractivity contribution >= 4 is 5.91 Å². The maximum Gasteiger partial charge on any atom is 0.221 e. The Hall–Kier alpha value is -0.650. The Balaban J connectivity index is 1.92. The van der Waals surface area contributed by atoms with Crippen molar-refractivity contribution in [2.24, 2.45) is 5.92 Å². The molecule has 1 aliphatic carbocycles. The smallest absolute Gasteiger partial charge is 0.221 e. The number of methoxy groups -OCH3 is 1. The molecular formula is C14H28N2O3. The third kappa shape index (κ3) is 8.18. The number of aliphatic hydroxyl groups is 1. The van der Waals surface area contributed by atoms with E-state index in [0.717, 1.165) is 6.42 Å². The molecule has 5 nitrogen and oxygen atoms in total. The van der Waals surface area contributed by atoms with Gasteiger partial charge in [-0.05, 0) is 12.3 Å². The number of carbonyl (C=O) groups excluding carboxylic acids is 1. The fourth-order valence-corrected chi connectivity index (χ4v) is 2.57. The van der Waals surface area contributed by atoms with Crippen molar-refractivity contribution in [3.8, 4) is 0 Å². The SMILES string of the molecule is COCCNC(=O)CCNCC(O)CC1CCCC1. The Morgan fingerprint density at radius 2 is 2.11 bits per heavy atom. The van der Waals surface area contributed by atoms with E-state index in [1.165, 1.54) is 25.7 Å². The number of aliphatic hydroxyl groups excluding tert-OH is 1. The summed E-state index contributed by atoms with van der Waals surface area (Å²) >= 11 is 0. The molecule has 1 amide bonds. The number of ether oxygens (including phenoxy) is 1. The zero-order chi connectivity index (χ0) is 13.9. The normalized spacial score (nSPS) is 17.6. The first-order valence-electron chi connectivity index (χ1n) is 7.36. The summed E-state index contributed by atoms with van der Waals surface area (Å²) in [6.45, 7) is 2.29. The molecule has 0 aromatic heterocycles. The van der Waals surface area contributed by atoms with Crippen LogP contribution >= 0.6 is 0 Å². The summed E-state index contributed by atoms with van der Waals surface area (Å²) in [7, 11) is 1.61. The minimum Gasteiger partial charge on any atom is -0.392 e. The van der Waals surface area contributed by atoms with Crippen LogP contribution in [0.4, 0.5) is 0 Å². The van der Waals surface area contributed by atoms with Gasteiger partial charge in [-0.3, -0.25) is 4.79 Å². The number of amides is 1. The van der Waals surface area contributed by atoms with Crippen molar-refractivity contribution in [3.05, 3.63) is 0 Å². The number of carbonyl (C=O) groups is 1. The molecule has 0 radical (unpaired) electrons. The van der Waals surface area contributed by atoms with Crippen molar-refractivity contribution in [2.45, 2.75) is 44.6 Å². The molecule has 1 saturated carbocycles. The molecule has 0 aliphatic heterocycles. The molecule has 3 N–H and O–H groups in total. The van der Waals surface area contributed by atoms with Crippen molar-refractivity contribution in [3.63, 3.8) is 0 Å². The molecular weight excluding hydrogens is 244 g/mol. The van der Waals surface area contributed by atoms with Gasteiger partial charge < -0.3 is 20.5 Å². The molecule has 0 heterocycles. The van der Waals surface area contributed by atoms with Gasteiger partial charge in [0.25, 0.3) is 0 Å². The van der Waals surface area contributed by atoms with Gasteiger partial charge in [0.05, 0.1) is 12.7 Å². The van der Waals surface area contributed by atoms with Crippen molar-refractivity contribution in [1.82, 2.24) is 10.6 Å². The van der Waals surface area contributed by atoms with Gasteiger partial charge in [0.15, 0.2) is 0 Å². The molecule has 0 aromatic rings. The minimum absolute atomic E-state index is 0.0230. The average Bonchev–Trinajstić information content (AvgIpc) is 2.88. The van der Waals surface area contributed by atoms with Gasteiger partial charge in [-0.15, -0.1) is 0 Å². The van der Waals surface area contributed by atoms with Crippen molar-refractivity contribution in [1.29, 1.82) is 0 Å². The molecule has 1 fully saturated rings. The number of nitrogens with one attached hydrogen (secondary N) is 2. The van der Waals surface area contributed by atoms with Crippen LogP contribution in [0.25, 0.3) is 0 Å². The van der Waals surface area contributed by atoms with E-state index in [1.54, 1.807) is 7.11 Å². The molecule has 0 spiro atoms. The Bertz CT molecular complexity index is 243. The Morgan fingerprint density at radius 1 is 1.37 bits per heavy atom. The second kappa shape index (κ2) is 10.2. The van der Waals surface area contributed by atoms with Crippen LogP contribution in [-0.4, -0.2) is 50.5 Å². The molecule has 0 bridgehead atoms. The van der Waals surface area contributed by atoms with Gasteiger partial charge in [-0.1, -0.05) is 25.7 Å². The summed E-state index contributed by atoms with van der Waals surface area (Å²) in [6, 6.07) is 0. The largest absolute Gasteiger partial charge is 0.392 e. The summed E-state index contributed by atoms with van der Waals surface area (Å²) in [5, 5.41) is 15.8. The summed E-state index contributed by atoms with van der Waals surface area (Å²) in [4.78, 5) is 11.4. The standard InChI is InChI=1S/C14H28N2O3/c1-19-9-8-16-14(18)6-7-15-11-13(17)10-12-4-2-3-5-12/h12-13,15,17H,2-11H2,1H3,(H,16,18). The molecule has 1 aliphatic rings. The van der Waals surface area contributed by atoms with Gasteiger partial charge in [-0.25, -0.2) is 0 Å². The Labute approximate surface area is 116 Å². The van der Waals surface area contributed by atoms with E-state index < -0.39 is 0 Å². The van der Waals surface area contributed by atoms with E-state index in [9.17, 15) is 9.90 Å². The molecule has 19 heavy (non-hydrogen) atoms. The van der Waals surface area contributed by atoms with Gasteiger partial charge in [0, 0.05) is 33.2 Å². The van der Waals surface area contributed by atoms with E-state index in [-0.39, 0.29) is 12.0 Å². The second-order valence-corrected chi connectivity index (χ2v) is 5.34. The fourth-order valence-electron chi connectivity index (χ4n) is 2.57. The maximum atomic E-state index is 11.4. The van der Waals surface area contributed by atoms with Crippen LogP contribution in [0.1, 0.15) is 38.5 Å². The lowest BCUT2D eigenvalue weighted by Crippen LogP contribution is -2.33. The molecule has 1 rings (SSSR count). The summed E-state index contributed by atoms with van der Waals surface area (Å²) in [6.07, 6.45) is 6.21. The molecule has 1 atom stereocenters. The second-order valence-electron chi connectivity index (χ2n) is 5.34. The van der Waals surface area contributed by atoms with E-state index in [1.807, 2.05) is 0 Å². The third-order valence-electron chi connectivity index (χ3n) is 3.62. The lowest BCUT2D eigenvalue weighted by atomic mass is 10.0. The molecule has 0 saturated heterocycles. The molecule has 0 aromatic carbocycles. The monoisotopic (exact) mass is 272 g/mol. The van der Waals surface area contributed by atoms with Gasteiger partial charge in [0.2, 0.25) is 5.91 Å². The van der Waals surface area contributed by atoms with Gasteiger partial charge >= 0.3 is 0 Å². The first kappa shape index (κ1) is 16.4. The topological polar surface area (TPSA) is 70.6 Å². The predicted octanol–water partition coefficient (Wildman–Crippen LogP) is 0.670. The summed E-state index contributed by atoms with van der Waals surface area (Å²) in [5.74, 6) is 0.726. The predicted molar refractivity (Wildman–Crippen MR) is 75.0 cm³/mol. The Kier molecular flexibility index (Phi) is 8.79. The van der Waals surface area contributed by atoms with E-state index in [2.05, 4.69) is 10.6 Å². The first-order chi connectivity index (χ1) is 9.22. The number of rotatable bonds is 10. The van der Waals surface area contributed by atoms with Crippen LogP contribution in [0.5, 0.6) is 0 Å². The zero-order valence-electron chi connectivity index (χ0n) is 12.0. The quantitative estimate of drug-likeness (QED) is 0.511. The number of hydrogen-bond acceptors (Lipinski definition) is 4. The first-order valence-corrected chi connectivity index (χ1v) is 7.36. The Morgan fingerprint density at radius 3 is 2.79 bits per heavy atom. The minimum atomic E-state index is -0.278. The van der Waals surface area contributed by atoms with Crippen molar-refractivity contribution < 1.29 is 14.6 Å².